The molecule has 0 atom stereocenters. The van der Waals surface area contributed by atoms with Crippen LogP contribution in [0.3, 0.4) is 0 Å². The molecule has 3 rings (SSSR count). The highest BCUT2D eigenvalue weighted by Gasteiger charge is 2.09. The van der Waals surface area contributed by atoms with Gasteiger partial charge >= 0.3 is 0 Å². The molecule has 0 aliphatic carbocycles. The molecule has 0 fully saturated rings. The van der Waals surface area contributed by atoms with E-state index < -0.39 is 0 Å². The van der Waals surface area contributed by atoms with Crippen LogP contribution in [-0.4, -0.2) is 19.6 Å². The van der Waals surface area contributed by atoms with E-state index in [0.29, 0.717) is 6.42 Å². The van der Waals surface area contributed by atoms with Crippen LogP contribution in [0.5, 0.6) is 5.75 Å². The number of carbonyl (C=O) groups is 1. The predicted molar refractivity (Wildman–Crippen MR) is 94.8 cm³/mol. The molecule has 0 saturated heterocycles. The number of anilines is 1. The predicted octanol–water partition coefficient (Wildman–Crippen LogP) is 3.44. The smallest absolute Gasteiger partial charge is 0.229 e. The van der Waals surface area contributed by atoms with Crippen LogP contribution in [0.2, 0.25) is 0 Å². The van der Waals surface area contributed by atoms with Crippen LogP contribution in [0.25, 0.3) is 5.57 Å². The van der Waals surface area contributed by atoms with E-state index >= 15 is 0 Å². The summed E-state index contributed by atoms with van der Waals surface area (Å²) in [5, 5.41) is 9.01. The molecule has 23 heavy (non-hydrogen) atoms. The van der Waals surface area contributed by atoms with E-state index in [1.54, 1.807) is 7.11 Å². The Labute approximate surface area is 139 Å². The second-order valence-electron chi connectivity index (χ2n) is 5.18. The quantitative estimate of drug-likeness (QED) is 0.885. The summed E-state index contributed by atoms with van der Waals surface area (Å²) >= 11 is 1.54. The van der Waals surface area contributed by atoms with Crippen LogP contribution in [0, 0.1) is 0 Å². The number of benzene rings is 1. The number of thiophene rings is 1. The number of nitrogens with one attached hydrogen (secondary N) is 2. The zero-order valence-electron chi connectivity index (χ0n) is 12.8. The second-order valence-corrected chi connectivity index (χ2v) is 6.09. The van der Waals surface area contributed by atoms with E-state index in [1.165, 1.54) is 16.9 Å². The van der Waals surface area contributed by atoms with E-state index in [9.17, 15) is 4.79 Å². The van der Waals surface area contributed by atoms with Crippen LogP contribution in [0.4, 0.5) is 5.00 Å². The third kappa shape index (κ3) is 4.02. The highest BCUT2D eigenvalue weighted by atomic mass is 32.1. The molecular formula is C18H18N2O2S. The topological polar surface area (TPSA) is 50.4 Å². The lowest BCUT2D eigenvalue weighted by Crippen LogP contribution is -2.13. The first kappa shape index (κ1) is 15.4. The van der Waals surface area contributed by atoms with Gasteiger partial charge < -0.3 is 15.4 Å². The van der Waals surface area contributed by atoms with Crippen molar-refractivity contribution in [1.29, 1.82) is 0 Å². The molecule has 5 heteroatoms. The number of hydrogen-bond donors (Lipinski definition) is 2. The van der Waals surface area contributed by atoms with Crippen molar-refractivity contribution < 1.29 is 9.53 Å². The molecule has 0 spiro atoms. The average molecular weight is 326 g/mol. The van der Waals surface area contributed by atoms with Crippen molar-refractivity contribution in [1.82, 2.24) is 5.32 Å². The van der Waals surface area contributed by atoms with Gasteiger partial charge in [0, 0.05) is 11.9 Å². The number of dihydropyridines is 1. The Hall–Kier alpha value is -2.53. The molecule has 0 saturated carbocycles. The van der Waals surface area contributed by atoms with Crippen LogP contribution < -0.4 is 15.4 Å². The van der Waals surface area contributed by atoms with E-state index in [2.05, 4.69) is 22.1 Å². The number of methoxy groups -OCH3 is 1. The van der Waals surface area contributed by atoms with Gasteiger partial charge in [0.05, 0.1) is 18.5 Å². The molecule has 0 bridgehead atoms. The Balaban J connectivity index is 1.63. The van der Waals surface area contributed by atoms with Crippen molar-refractivity contribution in [2.45, 2.75) is 6.42 Å². The minimum absolute atomic E-state index is 0.0264. The fourth-order valence-corrected chi connectivity index (χ4v) is 3.20. The molecule has 1 aromatic carbocycles. The molecule has 0 unspecified atom stereocenters. The van der Waals surface area contributed by atoms with Crippen LogP contribution in [0.15, 0.2) is 54.1 Å². The lowest BCUT2D eigenvalue weighted by molar-refractivity contribution is -0.115. The molecule has 4 nitrogen and oxygen atoms in total. The normalized spacial score (nSPS) is 13.2. The third-order valence-corrected chi connectivity index (χ3v) is 4.36. The first-order valence-electron chi connectivity index (χ1n) is 7.36. The Bertz CT molecular complexity index is 762. The van der Waals surface area contributed by atoms with Gasteiger partial charge in [0.15, 0.2) is 0 Å². The summed E-state index contributed by atoms with van der Waals surface area (Å²) < 4.78 is 5.18. The summed E-state index contributed by atoms with van der Waals surface area (Å²) in [5.41, 5.74) is 3.24. The highest BCUT2D eigenvalue weighted by molar-refractivity contribution is 7.14. The van der Waals surface area contributed by atoms with Gasteiger partial charge in [0.2, 0.25) is 5.91 Å². The Kier molecular flexibility index (Phi) is 4.78. The third-order valence-electron chi connectivity index (χ3n) is 3.51. The molecule has 1 amide bonds. The molecular weight excluding hydrogens is 308 g/mol. The molecule has 118 valence electrons. The van der Waals surface area contributed by atoms with Crippen molar-refractivity contribution in [3.05, 3.63) is 65.2 Å². The van der Waals surface area contributed by atoms with Crippen LogP contribution in [0.1, 0.15) is 11.1 Å². The minimum Gasteiger partial charge on any atom is -0.497 e. The van der Waals surface area contributed by atoms with Gasteiger partial charge in [-0.1, -0.05) is 18.2 Å². The minimum atomic E-state index is -0.0264. The maximum absolute atomic E-state index is 12.2. The largest absolute Gasteiger partial charge is 0.497 e. The monoisotopic (exact) mass is 326 g/mol. The van der Waals surface area contributed by atoms with Crippen LogP contribution >= 0.6 is 11.3 Å². The number of hydrogen-bond acceptors (Lipinski definition) is 4. The van der Waals surface area contributed by atoms with Gasteiger partial charge in [-0.15, -0.1) is 11.3 Å². The number of allylic oxidation sites excluding steroid dienone is 2. The summed E-state index contributed by atoms with van der Waals surface area (Å²) in [5.74, 6) is 0.736. The van der Waals surface area contributed by atoms with Gasteiger partial charge in [0.25, 0.3) is 0 Å². The van der Waals surface area contributed by atoms with E-state index in [4.69, 9.17) is 4.74 Å². The van der Waals surface area contributed by atoms with Gasteiger partial charge in [0.1, 0.15) is 5.75 Å². The average Bonchev–Trinajstić information content (AvgIpc) is 3.04. The zero-order valence-corrected chi connectivity index (χ0v) is 13.7. The van der Waals surface area contributed by atoms with Crippen molar-refractivity contribution in [2.75, 3.05) is 19.0 Å². The van der Waals surface area contributed by atoms with E-state index in [1.807, 2.05) is 42.6 Å². The van der Waals surface area contributed by atoms with Gasteiger partial charge in [-0.25, -0.2) is 0 Å². The van der Waals surface area contributed by atoms with Crippen molar-refractivity contribution in [2.24, 2.45) is 0 Å². The first-order chi connectivity index (χ1) is 11.2. The summed E-state index contributed by atoms with van der Waals surface area (Å²) in [6.45, 7) is 0.833. The lowest BCUT2D eigenvalue weighted by Gasteiger charge is -2.06. The number of amides is 1. The number of rotatable bonds is 5. The maximum Gasteiger partial charge on any atom is 0.229 e. The summed E-state index contributed by atoms with van der Waals surface area (Å²) in [4.78, 5) is 12.2. The molecule has 1 aliphatic heterocycles. The summed E-state index contributed by atoms with van der Waals surface area (Å²) in [6.07, 6.45) is 6.43. The second kappa shape index (κ2) is 7.15. The molecule has 0 radical (unpaired) electrons. The highest BCUT2D eigenvalue weighted by Crippen LogP contribution is 2.27. The summed E-state index contributed by atoms with van der Waals surface area (Å²) in [7, 11) is 1.62. The lowest BCUT2D eigenvalue weighted by atomic mass is 10.1. The standard InChI is InChI=1S/C18H18N2O2S/c1-22-16-4-2-3-13(9-16)10-17(21)20-18-11-15(12-23-18)14-5-7-19-8-6-14/h2-7,9,11-12,19H,8,10H2,1H3,(H,20,21). The van der Waals surface area contributed by atoms with Gasteiger partial charge in [-0.2, -0.15) is 0 Å². The Morgan fingerprint density at radius 1 is 1.39 bits per heavy atom. The fourth-order valence-electron chi connectivity index (χ4n) is 2.37. The first-order valence-corrected chi connectivity index (χ1v) is 8.24. The van der Waals surface area contributed by atoms with Gasteiger partial charge in [-0.05, 0) is 47.2 Å². The summed E-state index contributed by atoms with van der Waals surface area (Å²) in [6, 6.07) is 9.57. The van der Waals surface area contributed by atoms with Gasteiger partial charge in [-0.3, -0.25) is 4.79 Å². The fraction of sp³-hybridized carbons (Fsp3) is 0.167. The maximum atomic E-state index is 12.2. The molecule has 2 heterocycles. The molecule has 1 aliphatic rings. The number of ether oxygens (including phenoxy) is 1. The Morgan fingerprint density at radius 3 is 3.09 bits per heavy atom. The van der Waals surface area contributed by atoms with E-state index in [0.717, 1.165) is 28.4 Å². The van der Waals surface area contributed by atoms with Crippen LogP contribution in [-0.2, 0) is 11.2 Å². The SMILES string of the molecule is COc1cccc(CC(=O)Nc2cc(C3=CCNC=C3)cs2)c1. The molecule has 2 N–H and O–H groups in total. The van der Waals surface area contributed by atoms with Crippen molar-refractivity contribution in [3.8, 4) is 5.75 Å². The molecule has 2 aromatic rings. The van der Waals surface area contributed by atoms with Crippen molar-refractivity contribution in [3.63, 3.8) is 0 Å². The van der Waals surface area contributed by atoms with E-state index in [-0.39, 0.29) is 5.91 Å². The van der Waals surface area contributed by atoms with Crippen molar-refractivity contribution >= 4 is 27.8 Å². The molecule has 1 aromatic heterocycles. The zero-order chi connectivity index (χ0) is 16.1. The number of carbonyl (C=O) groups excluding carboxylic acids is 1. The Morgan fingerprint density at radius 2 is 2.30 bits per heavy atom.